The lowest BCUT2D eigenvalue weighted by molar-refractivity contribution is 0.250. The molecule has 5 nitrogen and oxygen atoms in total. The first-order valence-corrected chi connectivity index (χ1v) is 8.66. The van der Waals surface area contributed by atoms with Gasteiger partial charge in [-0.05, 0) is 31.0 Å². The summed E-state index contributed by atoms with van der Waals surface area (Å²) in [7, 11) is 1.81. The first-order chi connectivity index (χ1) is 11.2. The van der Waals surface area contributed by atoms with Crippen LogP contribution in [0.15, 0.2) is 23.0 Å². The molecule has 0 unspecified atom stereocenters. The summed E-state index contributed by atoms with van der Waals surface area (Å²) in [6, 6.07) is 6.80. The molecule has 23 heavy (non-hydrogen) atoms. The summed E-state index contributed by atoms with van der Waals surface area (Å²) < 4.78 is 1.67. The van der Waals surface area contributed by atoms with Crippen molar-refractivity contribution in [1.29, 1.82) is 0 Å². The quantitative estimate of drug-likeness (QED) is 0.848. The summed E-state index contributed by atoms with van der Waals surface area (Å²) in [6.07, 6.45) is 3.25. The molecule has 0 N–H and O–H groups in total. The van der Waals surface area contributed by atoms with Crippen LogP contribution in [0.2, 0.25) is 0 Å². The lowest BCUT2D eigenvalue weighted by Crippen LogP contribution is -2.37. The van der Waals surface area contributed by atoms with Crippen molar-refractivity contribution in [3.05, 3.63) is 34.4 Å². The normalized spacial score (nSPS) is 24.2. The van der Waals surface area contributed by atoms with Crippen LogP contribution in [0, 0.1) is 0 Å². The van der Waals surface area contributed by atoms with Crippen LogP contribution in [0.3, 0.4) is 0 Å². The Morgan fingerprint density at radius 1 is 1.17 bits per heavy atom. The zero-order valence-corrected chi connectivity index (χ0v) is 14.0. The fourth-order valence-electron chi connectivity index (χ4n) is 4.03. The van der Waals surface area contributed by atoms with E-state index in [4.69, 9.17) is 4.98 Å². The standard InChI is InChI=1S/C18H24N4O/c1-3-17-19-16-12-14(4-5-15(16)18(23)20(17)2)22-11-10-21-8-6-13(22)7-9-21/h4-5,12-13H,3,6-11H2,1-2H3. The van der Waals surface area contributed by atoms with Crippen molar-refractivity contribution >= 4 is 16.6 Å². The third-order valence-corrected chi connectivity index (χ3v) is 5.46. The molecule has 4 heterocycles. The molecular formula is C18H24N4O. The van der Waals surface area contributed by atoms with Gasteiger partial charge in [0, 0.05) is 51.4 Å². The molecule has 3 saturated heterocycles. The highest BCUT2D eigenvalue weighted by Gasteiger charge is 2.29. The lowest BCUT2D eigenvalue weighted by atomic mass is 10.0. The van der Waals surface area contributed by atoms with Gasteiger partial charge in [-0.2, -0.15) is 0 Å². The Morgan fingerprint density at radius 2 is 1.96 bits per heavy atom. The summed E-state index contributed by atoms with van der Waals surface area (Å²) in [5, 5.41) is 0.719. The SMILES string of the molecule is CCc1nc2cc(N3CCN4CCC3CC4)ccc2c(=O)n1C. The van der Waals surface area contributed by atoms with E-state index in [9.17, 15) is 4.79 Å². The van der Waals surface area contributed by atoms with E-state index in [-0.39, 0.29) is 5.56 Å². The van der Waals surface area contributed by atoms with Crippen molar-refractivity contribution in [3.8, 4) is 0 Å². The molecule has 2 aromatic rings. The lowest BCUT2D eigenvalue weighted by Gasteiger charge is -2.33. The van der Waals surface area contributed by atoms with E-state index in [0.717, 1.165) is 36.2 Å². The topological polar surface area (TPSA) is 41.4 Å². The Kier molecular flexibility index (Phi) is 3.60. The molecule has 3 aliphatic rings. The highest BCUT2D eigenvalue weighted by molar-refractivity contribution is 5.81. The van der Waals surface area contributed by atoms with E-state index in [0.29, 0.717) is 6.04 Å². The van der Waals surface area contributed by atoms with E-state index in [2.05, 4.69) is 21.9 Å². The molecule has 5 heteroatoms. The number of fused-ring (bicyclic) bond motifs is 5. The third-order valence-electron chi connectivity index (χ3n) is 5.46. The van der Waals surface area contributed by atoms with Gasteiger partial charge in [0.25, 0.3) is 5.56 Å². The minimum Gasteiger partial charge on any atom is -0.367 e. The minimum atomic E-state index is 0.0568. The van der Waals surface area contributed by atoms with Crippen LogP contribution in [-0.2, 0) is 13.5 Å². The summed E-state index contributed by atoms with van der Waals surface area (Å²) in [6.45, 7) is 6.68. The summed E-state index contributed by atoms with van der Waals surface area (Å²) in [4.78, 5) is 22.3. The number of anilines is 1. The zero-order valence-electron chi connectivity index (χ0n) is 14.0. The van der Waals surface area contributed by atoms with Gasteiger partial charge in [0.05, 0.1) is 10.9 Å². The van der Waals surface area contributed by atoms with E-state index in [1.54, 1.807) is 4.57 Å². The highest BCUT2D eigenvalue weighted by Crippen LogP contribution is 2.28. The third kappa shape index (κ3) is 2.43. The van der Waals surface area contributed by atoms with Crippen LogP contribution >= 0.6 is 0 Å². The Balaban J connectivity index is 1.79. The number of benzene rings is 1. The molecular weight excluding hydrogens is 288 g/mol. The molecule has 0 spiro atoms. The van der Waals surface area contributed by atoms with Crippen LogP contribution in [-0.4, -0.2) is 46.7 Å². The molecule has 0 aliphatic carbocycles. The molecule has 2 bridgehead atoms. The molecule has 0 radical (unpaired) electrons. The Labute approximate surface area is 136 Å². The number of aryl methyl sites for hydroxylation is 1. The monoisotopic (exact) mass is 312 g/mol. The van der Waals surface area contributed by atoms with Crippen molar-refractivity contribution in [1.82, 2.24) is 14.5 Å². The van der Waals surface area contributed by atoms with E-state index in [1.165, 1.54) is 31.6 Å². The highest BCUT2D eigenvalue weighted by atomic mass is 16.1. The van der Waals surface area contributed by atoms with Gasteiger partial charge in [0.2, 0.25) is 0 Å². The maximum atomic E-state index is 12.5. The maximum absolute atomic E-state index is 12.5. The minimum absolute atomic E-state index is 0.0568. The van der Waals surface area contributed by atoms with Gasteiger partial charge >= 0.3 is 0 Å². The van der Waals surface area contributed by atoms with Crippen LogP contribution in [0.25, 0.3) is 10.9 Å². The van der Waals surface area contributed by atoms with Gasteiger partial charge in [-0.1, -0.05) is 6.92 Å². The fraction of sp³-hybridized carbons (Fsp3) is 0.556. The number of hydrogen-bond donors (Lipinski definition) is 0. The van der Waals surface area contributed by atoms with Crippen LogP contribution < -0.4 is 10.5 Å². The van der Waals surface area contributed by atoms with Crippen LogP contribution in [0.5, 0.6) is 0 Å². The van der Waals surface area contributed by atoms with Crippen molar-refractivity contribution in [2.75, 3.05) is 31.1 Å². The Morgan fingerprint density at radius 3 is 2.70 bits per heavy atom. The average molecular weight is 312 g/mol. The second-order valence-electron chi connectivity index (χ2n) is 6.71. The van der Waals surface area contributed by atoms with Gasteiger partial charge in [-0.25, -0.2) is 4.98 Å². The van der Waals surface area contributed by atoms with Crippen molar-refractivity contribution in [2.24, 2.45) is 7.05 Å². The largest absolute Gasteiger partial charge is 0.367 e. The van der Waals surface area contributed by atoms with Gasteiger partial charge in [0.15, 0.2) is 0 Å². The molecule has 1 aromatic carbocycles. The maximum Gasteiger partial charge on any atom is 0.261 e. The van der Waals surface area contributed by atoms with E-state index in [1.807, 2.05) is 20.0 Å². The summed E-state index contributed by atoms with van der Waals surface area (Å²) in [5.74, 6) is 0.850. The number of aromatic nitrogens is 2. The predicted molar refractivity (Wildman–Crippen MR) is 93.2 cm³/mol. The van der Waals surface area contributed by atoms with Crippen molar-refractivity contribution < 1.29 is 0 Å². The van der Waals surface area contributed by atoms with Gasteiger partial charge < -0.3 is 9.80 Å². The smallest absolute Gasteiger partial charge is 0.261 e. The zero-order chi connectivity index (χ0) is 16.0. The molecule has 0 amide bonds. The fourth-order valence-corrected chi connectivity index (χ4v) is 4.03. The Hall–Kier alpha value is -1.88. The first kappa shape index (κ1) is 14.7. The Bertz CT molecular complexity index is 789. The average Bonchev–Trinajstić information content (AvgIpc) is 2.91. The first-order valence-electron chi connectivity index (χ1n) is 8.66. The molecule has 122 valence electrons. The second-order valence-corrected chi connectivity index (χ2v) is 6.71. The molecule has 3 fully saturated rings. The molecule has 3 aliphatic heterocycles. The summed E-state index contributed by atoms with van der Waals surface area (Å²) in [5.41, 5.74) is 2.11. The van der Waals surface area contributed by atoms with Crippen molar-refractivity contribution in [3.63, 3.8) is 0 Å². The molecule has 1 aromatic heterocycles. The number of hydrogen-bond acceptors (Lipinski definition) is 4. The number of nitrogens with zero attached hydrogens (tertiary/aromatic N) is 4. The van der Waals surface area contributed by atoms with Crippen LogP contribution in [0.1, 0.15) is 25.6 Å². The van der Waals surface area contributed by atoms with Gasteiger partial charge in [-0.15, -0.1) is 0 Å². The predicted octanol–water partition coefficient (Wildman–Crippen LogP) is 1.78. The van der Waals surface area contributed by atoms with E-state index < -0.39 is 0 Å². The van der Waals surface area contributed by atoms with Crippen molar-refractivity contribution in [2.45, 2.75) is 32.2 Å². The van der Waals surface area contributed by atoms with Crippen LogP contribution in [0.4, 0.5) is 5.69 Å². The second kappa shape index (κ2) is 5.64. The van der Waals surface area contributed by atoms with Gasteiger partial charge in [0.1, 0.15) is 5.82 Å². The number of piperidine rings is 1. The molecule has 0 saturated carbocycles. The molecule has 5 rings (SSSR count). The summed E-state index contributed by atoms with van der Waals surface area (Å²) >= 11 is 0. The van der Waals surface area contributed by atoms with Gasteiger partial charge in [-0.3, -0.25) is 9.36 Å². The van der Waals surface area contributed by atoms with E-state index >= 15 is 0 Å². The molecule has 0 atom stereocenters. The number of rotatable bonds is 2.